The molecule has 0 aliphatic carbocycles. The molecule has 1 unspecified atom stereocenters. The second-order valence-corrected chi connectivity index (χ2v) is 4.95. The minimum absolute atomic E-state index is 0.0320. The fourth-order valence-electron chi connectivity index (χ4n) is 1.72. The van der Waals surface area contributed by atoms with E-state index in [1.807, 2.05) is 13.8 Å². The van der Waals surface area contributed by atoms with Crippen LogP contribution < -0.4 is 0 Å². The van der Waals surface area contributed by atoms with Gasteiger partial charge in [-0.1, -0.05) is 65.7 Å². The SMILES string of the molecule is CCCCCCCCCCOC(=O)C(C)CC. The molecule has 102 valence electrons. The van der Waals surface area contributed by atoms with E-state index in [0.717, 1.165) is 12.8 Å². The average molecular weight is 242 g/mol. The van der Waals surface area contributed by atoms with Crippen LogP contribution in [0, 0.1) is 5.92 Å². The molecular weight excluding hydrogens is 212 g/mol. The van der Waals surface area contributed by atoms with E-state index < -0.39 is 0 Å². The maximum Gasteiger partial charge on any atom is 0.308 e. The lowest BCUT2D eigenvalue weighted by Gasteiger charge is -2.08. The van der Waals surface area contributed by atoms with Crippen LogP contribution in [0.4, 0.5) is 0 Å². The maximum absolute atomic E-state index is 11.4. The number of hydrogen-bond donors (Lipinski definition) is 0. The second kappa shape index (κ2) is 11.9. The van der Waals surface area contributed by atoms with Crippen molar-refractivity contribution in [2.24, 2.45) is 5.92 Å². The lowest BCUT2D eigenvalue weighted by molar-refractivity contribution is -0.148. The van der Waals surface area contributed by atoms with E-state index in [1.54, 1.807) is 0 Å². The Labute approximate surface area is 107 Å². The van der Waals surface area contributed by atoms with Gasteiger partial charge in [-0.05, 0) is 12.8 Å². The number of rotatable bonds is 11. The first kappa shape index (κ1) is 16.5. The lowest BCUT2D eigenvalue weighted by atomic mass is 10.1. The third-order valence-electron chi connectivity index (χ3n) is 3.26. The van der Waals surface area contributed by atoms with Gasteiger partial charge in [-0.2, -0.15) is 0 Å². The molecule has 0 aromatic carbocycles. The maximum atomic E-state index is 11.4. The topological polar surface area (TPSA) is 26.3 Å². The molecule has 0 aliphatic heterocycles. The summed E-state index contributed by atoms with van der Waals surface area (Å²) in [6, 6.07) is 0. The Morgan fingerprint density at radius 1 is 0.941 bits per heavy atom. The summed E-state index contributed by atoms with van der Waals surface area (Å²) < 4.78 is 5.20. The van der Waals surface area contributed by atoms with Gasteiger partial charge in [0, 0.05) is 0 Å². The first-order valence-electron chi connectivity index (χ1n) is 7.39. The second-order valence-electron chi connectivity index (χ2n) is 4.95. The normalized spacial score (nSPS) is 12.4. The molecular formula is C15H30O2. The van der Waals surface area contributed by atoms with E-state index >= 15 is 0 Å². The van der Waals surface area contributed by atoms with Gasteiger partial charge in [0.15, 0.2) is 0 Å². The molecule has 0 aromatic rings. The summed E-state index contributed by atoms with van der Waals surface area (Å²) in [7, 11) is 0. The van der Waals surface area contributed by atoms with Gasteiger partial charge in [-0.15, -0.1) is 0 Å². The number of esters is 1. The van der Waals surface area contributed by atoms with Crippen molar-refractivity contribution in [1.82, 2.24) is 0 Å². The van der Waals surface area contributed by atoms with Crippen molar-refractivity contribution in [2.75, 3.05) is 6.61 Å². The van der Waals surface area contributed by atoms with E-state index in [9.17, 15) is 4.79 Å². The summed E-state index contributed by atoms with van der Waals surface area (Å²) in [5, 5.41) is 0. The fraction of sp³-hybridized carbons (Fsp3) is 0.933. The minimum atomic E-state index is -0.0320. The molecule has 0 spiro atoms. The van der Waals surface area contributed by atoms with Crippen LogP contribution in [0.15, 0.2) is 0 Å². The molecule has 2 nitrogen and oxygen atoms in total. The zero-order chi connectivity index (χ0) is 12.9. The Morgan fingerprint density at radius 3 is 2.00 bits per heavy atom. The van der Waals surface area contributed by atoms with Crippen LogP contribution in [0.5, 0.6) is 0 Å². The Bertz CT molecular complexity index is 178. The van der Waals surface area contributed by atoms with Gasteiger partial charge < -0.3 is 4.74 Å². The van der Waals surface area contributed by atoms with Crippen molar-refractivity contribution in [3.8, 4) is 0 Å². The van der Waals surface area contributed by atoms with Crippen molar-refractivity contribution in [2.45, 2.75) is 78.6 Å². The zero-order valence-electron chi connectivity index (χ0n) is 12.0. The van der Waals surface area contributed by atoms with Gasteiger partial charge in [-0.3, -0.25) is 4.79 Å². The standard InChI is InChI=1S/C15H30O2/c1-4-6-7-8-9-10-11-12-13-17-15(16)14(3)5-2/h14H,4-13H2,1-3H3. The molecule has 0 saturated heterocycles. The molecule has 0 radical (unpaired) electrons. The van der Waals surface area contributed by atoms with Gasteiger partial charge in [0.25, 0.3) is 0 Å². The molecule has 0 fully saturated rings. The van der Waals surface area contributed by atoms with Gasteiger partial charge in [-0.25, -0.2) is 0 Å². The smallest absolute Gasteiger partial charge is 0.308 e. The summed E-state index contributed by atoms with van der Waals surface area (Å²) in [4.78, 5) is 11.4. The minimum Gasteiger partial charge on any atom is -0.465 e. The van der Waals surface area contributed by atoms with Crippen molar-refractivity contribution in [3.05, 3.63) is 0 Å². The van der Waals surface area contributed by atoms with E-state index in [0.29, 0.717) is 6.61 Å². The fourth-order valence-corrected chi connectivity index (χ4v) is 1.72. The molecule has 17 heavy (non-hydrogen) atoms. The first-order chi connectivity index (χ1) is 8.22. The largest absolute Gasteiger partial charge is 0.465 e. The Hall–Kier alpha value is -0.530. The number of unbranched alkanes of at least 4 members (excludes halogenated alkanes) is 7. The van der Waals surface area contributed by atoms with Crippen LogP contribution in [0.2, 0.25) is 0 Å². The summed E-state index contributed by atoms with van der Waals surface area (Å²) in [6.07, 6.45) is 11.1. The highest BCUT2D eigenvalue weighted by atomic mass is 16.5. The summed E-state index contributed by atoms with van der Waals surface area (Å²) in [5.41, 5.74) is 0. The molecule has 2 heteroatoms. The Morgan fingerprint density at radius 2 is 1.47 bits per heavy atom. The molecule has 0 saturated carbocycles. The summed E-state index contributed by atoms with van der Waals surface area (Å²) in [5.74, 6) is 0.0273. The molecule has 1 atom stereocenters. The van der Waals surface area contributed by atoms with Gasteiger partial charge in [0.1, 0.15) is 0 Å². The Kier molecular flexibility index (Phi) is 11.6. The van der Waals surface area contributed by atoms with Crippen LogP contribution in [-0.2, 0) is 9.53 Å². The van der Waals surface area contributed by atoms with E-state index in [1.165, 1.54) is 44.9 Å². The van der Waals surface area contributed by atoms with Crippen molar-refractivity contribution < 1.29 is 9.53 Å². The molecule has 0 aromatic heterocycles. The Balaban J connectivity index is 3.16. The van der Waals surface area contributed by atoms with Crippen LogP contribution in [-0.4, -0.2) is 12.6 Å². The highest BCUT2D eigenvalue weighted by Gasteiger charge is 2.10. The predicted molar refractivity (Wildman–Crippen MR) is 73.0 cm³/mol. The highest BCUT2D eigenvalue weighted by Crippen LogP contribution is 2.09. The van der Waals surface area contributed by atoms with Crippen LogP contribution in [0.1, 0.15) is 78.6 Å². The number of ether oxygens (including phenoxy) is 1. The third-order valence-corrected chi connectivity index (χ3v) is 3.26. The molecule has 0 bridgehead atoms. The van der Waals surface area contributed by atoms with E-state index in [-0.39, 0.29) is 11.9 Å². The summed E-state index contributed by atoms with van der Waals surface area (Å²) >= 11 is 0. The predicted octanol–water partition coefficient (Wildman–Crippen LogP) is 4.72. The van der Waals surface area contributed by atoms with E-state index in [2.05, 4.69) is 6.92 Å². The molecule has 0 heterocycles. The number of carbonyl (C=O) groups excluding carboxylic acids is 1. The molecule has 0 amide bonds. The highest BCUT2D eigenvalue weighted by molar-refractivity contribution is 5.71. The number of carbonyl (C=O) groups is 1. The van der Waals surface area contributed by atoms with Crippen molar-refractivity contribution in [1.29, 1.82) is 0 Å². The van der Waals surface area contributed by atoms with E-state index in [4.69, 9.17) is 4.74 Å². The van der Waals surface area contributed by atoms with Crippen LogP contribution in [0.3, 0.4) is 0 Å². The molecule has 0 aliphatic rings. The van der Waals surface area contributed by atoms with Crippen LogP contribution >= 0.6 is 0 Å². The van der Waals surface area contributed by atoms with Gasteiger partial charge in [0.2, 0.25) is 0 Å². The first-order valence-corrected chi connectivity index (χ1v) is 7.39. The lowest BCUT2D eigenvalue weighted by Crippen LogP contribution is -2.14. The quantitative estimate of drug-likeness (QED) is 0.387. The zero-order valence-corrected chi connectivity index (χ0v) is 12.0. The molecule has 0 rings (SSSR count). The van der Waals surface area contributed by atoms with Gasteiger partial charge >= 0.3 is 5.97 Å². The molecule has 0 N–H and O–H groups in total. The number of hydrogen-bond acceptors (Lipinski definition) is 2. The van der Waals surface area contributed by atoms with Crippen LogP contribution in [0.25, 0.3) is 0 Å². The van der Waals surface area contributed by atoms with Gasteiger partial charge in [0.05, 0.1) is 12.5 Å². The van der Waals surface area contributed by atoms with Crippen molar-refractivity contribution in [3.63, 3.8) is 0 Å². The average Bonchev–Trinajstić information content (AvgIpc) is 2.35. The third kappa shape index (κ3) is 10.3. The monoisotopic (exact) mass is 242 g/mol. The summed E-state index contributed by atoms with van der Waals surface area (Å²) in [6.45, 7) is 6.79. The van der Waals surface area contributed by atoms with Crippen molar-refractivity contribution >= 4 is 5.97 Å².